The Kier molecular flexibility index (Phi) is 4.66. The number of aliphatic hydroxyl groups is 1. The minimum Gasteiger partial charge on any atom is -0.493 e. The predicted octanol–water partition coefficient (Wildman–Crippen LogP) is 1.82. The summed E-state index contributed by atoms with van der Waals surface area (Å²) in [6.45, 7) is 3.44. The Morgan fingerprint density at radius 3 is 2.53 bits per heavy atom. The van der Waals surface area contributed by atoms with Gasteiger partial charge in [-0.25, -0.2) is 0 Å². The lowest BCUT2D eigenvalue weighted by Crippen LogP contribution is -2.55. The molecule has 0 amide bonds. The van der Waals surface area contributed by atoms with E-state index in [9.17, 15) is 5.11 Å². The number of ether oxygens (including phenoxy) is 2. The van der Waals surface area contributed by atoms with Gasteiger partial charge in [0.25, 0.3) is 0 Å². The van der Waals surface area contributed by atoms with Crippen LogP contribution in [0.25, 0.3) is 0 Å². The number of likely N-dealkylation sites (N-methyl/N-ethyl adjacent to an activating group) is 1. The molecule has 0 aliphatic heterocycles. The summed E-state index contributed by atoms with van der Waals surface area (Å²) < 4.78 is 11.2. The van der Waals surface area contributed by atoms with Gasteiger partial charge >= 0.3 is 0 Å². The zero-order chi connectivity index (χ0) is 13.7. The monoisotopic (exact) mass is 265 g/mol. The first-order chi connectivity index (χ1) is 9.25. The summed E-state index contributed by atoms with van der Waals surface area (Å²) in [5.41, 5.74) is -0.324. The Balaban J connectivity index is 2.05. The van der Waals surface area contributed by atoms with E-state index in [0.29, 0.717) is 12.5 Å². The van der Waals surface area contributed by atoms with Crippen molar-refractivity contribution in [2.75, 3.05) is 26.9 Å². The summed E-state index contributed by atoms with van der Waals surface area (Å²) >= 11 is 0. The van der Waals surface area contributed by atoms with Gasteiger partial charge in [0.2, 0.25) is 0 Å². The van der Waals surface area contributed by atoms with Crippen LogP contribution in [-0.4, -0.2) is 37.5 Å². The normalized spacial score (nSPS) is 17.8. The average molecular weight is 265 g/mol. The second-order valence-corrected chi connectivity index (χ2v) is 5.06. The first-order valence-corrected chi connectivity index (χ1v) is 6.87. The SMILES string of the molecule is CCNC(CO)(COc1ccccc1OC)C1CC1. The van der Waals surface area contributed by atoms with Crippen molar-refractivity contribution < 1.29 is 14.6 Å². The van der Waals surface area contributed by atoms with Crippen molar-refractivity contribution in [3.05, 3.63) is 24.3 Å². The molecule has 4 heteroatoms. The van der Waals surface area contributed by atoms with Gasteiger partial charge in [-0.05, 0) is 37.4 Å². The van der Waals surface area contributed by atoms with E-state index in [1.807, 2.05) is 24.3 Å². The molecule has 1 aliphatic rings. The highest BCUT2D eigenvalue weighted by Crippen LogP contribution is 2.40. The Morgan fingerprint density at radius 2 is 2.00 bits per heavy atom. The van der Waals surface area contributed by atoms with E-state index < -0.39 is 0 Å². The molecule has 0 saturated heterocycles. The molecule has 19 heavy (non-hydrogen) atoms. The first-order valence-electron chi connectivity index (χ1n) is 6.87. The lowest BCUT2D eigenvalue weighted by Gasteiger charge is -2.33. The highest BCUT2D eigenvalue weighted by molar-refractivity contribution is 5.39. The van der Waals surface area contributed by atoms with E-state index in [4.69, 9.17) is 9.47 Å². The molecule has 1 aliphatic carbocycles. The third kappa shape index (κ3) is 3.19. The molecule has 0 heterocycles. The summed E-state index contributed by atoms with van der Waals surface area (Å²) in [5.74, 6) is 1.95. The third-order valence-corrected chi connectivity index (χ3v) is 3.72. The van der Waals surface area contributed by atoms with Crippen molar-refractivity contribution in [2.45, 2.75) is 25.3 Å². The molecule has 1 unspecified atom stereocenters. The molecular weight excluding hydrogens is 242 g/mol. The van der Waals surface area contributed by atoms with Crippen LogP contribution in [-0.2, 0) is 0 Å². The molecule has 1 saturated carbocycles. The lowest BCUT2D eigenvalue weighted by atomic mass is 9.95. The molecule has 1 fully saturated rings. The van der Waals surface area contributed by atoms with Crippen molar-refractivity contribution in [1.29, 1.82) is 0 Å². The number of hydrogen-bond acceptors (Lipinski definition) is 4. The fraction of sp³-hybridized carbons (Fsp3) is 0.600. The number of methoxy groups -OCH3 is 1. The Morgan fingerprint density at radius 1 is 1.32 bits per heavy atom. The van der Waals surface area contributed by atoms with Crippen LogP contribution >= 0.6 is 0 Å². The van der Waals surface area contributed by atoms with Gasteiger partial charge in [-0.15, -0.1) is 0 Å². The van der Waals surface area contributed by atoms with Crippen LogP contribution in [0.4, 0.5) is 0 Å². The summed E-state index contributed by atoms with van der Waals surface area (Å²) in [4.78, 5) is 0. The molecule has 2 N–H and O–H groups in total. The van der Waals surface area contributed by atoms with Gasteiger partial charge in [0.15, 0.2) is 11.5 Å². The van der Waals surface area contributed by atoms with E-state index in [1.54, 1.807) is 7.11 Å². The maximum atomic E-state index is 9.75. The van der Waals surface area contributed by atoms with Gasteiger partial charge in [-0.3, -0.25) is 0 Å². The second-order valence-electron chi connectivity index (χ2n) is 5.06. The first kappa shape index (κ1) is 14.2. The summed E-state index contributed by atoms with van der Waals surface area (Å²) in [7, 11) is 1.63. The number of para-hydroxylation sites is 2. The van der Waals surface area contributed by atoms with Crippen molar-refractivity contribution in [3.63, 3.8) is 0 Å². The maximum Gasteiger partial charge on any atom is 0.161 e. The zero-order valence-corrected chi connectivity index (χ0v) is 11.7. The van der Waals surface area contributed by atoms with Crippen LogP contribution in [0.15, 0.2) is 24.3 Å². The number of rotatable bonds is 8. The molecule has 106 valence electrons. The van der Waals surface area contributed by atoms with E-state index in [0.717, 1.165) is 30.9 Å². The van der Waals surface area contributed by atoms with Gasteiger partial charge in [0.05, 0.1) is 19.3 Å². The van der Waals surface area contributed by atoms with E-state index in [2.05, 4.69) is 12.2 Å². The van der Waals surface area contributed by atoms with Gasteiger partial charge in [-0.1, -0.05) is 19.1 Å². The standard InChI is InChI=1S/C15H23NO3/c1-3-16-15(10-17,12-8-9-12)11-19-14-7-5-4-6-13(14)18-2/h4-7,12,16-17H,3,8-11H2,1-2H3. The topological polar surface area (TPSA) is 50.7 Å². The fourth-order valence-corrected chi connectivity index (χ4v) is 2.48. The molecule has 0 aromatic heterocycles. The zero-order valence-electron chi connectivity index (χ0n) is 11.7. The van der Waals surface area contributed by atoms with Crippen LogP contribution < -0.4 is 14.8 Å². The van der Waals surface area contributed by atoms with Crippen LogP contribution in [0.1, 0.15) is 19.8 Å². The highest BCUT2D eigenvalue weighted by atomic mass is 16.5. The van der Waals surface area contributed by atoms with Crippen molar-refractivity contribution in [1.82, 2.24) is 5.32 Å². The molecular formula is C15H23NO3. The molecule has 2 rings (SSSR count). The fourth-order valence-electron chi connectivity index (χ4n) is 2.48. The third-order valence-electron chi connectivity index (χ3n) is 3.72. The van der Waals surface area contributed by atoms with Crippen LogP contribution in [0.3, 0.4) is 0 Å². The number of nitrogens with one attached hydrogen (secondary N) is 1. The number of hydrogen-bond donors (Lipinski definition) is 2. The number of aliphatic hydroxyl groups excluding tert-OH is 1. The molecule has 0 bridgehead atoms. The van der Waals surface area contributed by atoms with Crippen LogP contribution in [0.5, 0.6) is 11.5 Å². The number of benzene rings is 1. The molecule has 1 atom stereocenters. The minimum absolute atomic E-state index is 0.0979. The maximum absolute atomic E-state index is 9.75. The smallest absolute Gasteiger partial charge is 0.161 e. The highest BCUT2D eigenvalue weighted by Gasteiger charge is 2.45. The van der Waals surface area contributed by atoms with Crippen molar-refractivity contribution in [3.8, 4) is 11.5 Å². The minimum atomic E-state index is -0.324. The van der Waals surface area contributed by atoms with Crippen molar-refractivity contribution in [2.24, 2.45) is 5.92 Å². The summed E-state index contributed by atoms with van der Waals surface area (Å²) in [6, 6.07) is 7.60. The van der Waals surface area contributed by atoms with Gasteiger partial charge in [-0.2, -0.15) is 0 Å². The molecule has 4 nitrogen and oxygen atoms in total. The summed E-state index contributed by atoms with van der Waals surface area (Å²) in [6.07, 6.45) is 2.31. The predicted molar refractivity (Wildman–Crippen MR) is 74.7 cm³/mol. The van der Waals surface area contributed by atoms with E-state index in [-0.39, 0.29) is 12.1 Å². The van der Waals surface area contributed by atoms with Gasteiger partial charge in [0, 0.05) is 0 Å². The van der Waals surface area contributed by atoms with Crippen LogP contribution in [0.2, 0.25) is 0 Å². The van der Waals surface area contributed by atoms with Gasteiger partial charge in [0.1, 0.15) is 6.61 Å². The quantitative estimate of drug-likeness (QED) is 0.753. The Bertz CT molecular complexity index is 406. The Hall–Kier alpha value is -1.26. The average Bonchev–Trinajstić information content (AvgIpc) is 3.29. The largest absolute Gasteiger partial charge is 0.493 e. The summed E-state index contributed by atoms with van der Waals surface area (Å²) in [5, 5.41) is 13.1. The molecule has 1 aromatic rings. The second kappa shape index (κ2) is 6.26. The van der Waals surface area contributed by atoms with E-state index in [1.165, 1.54) is 0 Å². The Labute approximate surface area is 114 Å². The molecule has 1 aromatic carbocycles. The van der Waals surface area contributed by atoms with Gasteiger partial charge < -0.3 is 19.9 Å². The molecule has 0 spiro atoms. The van der Waals surface area contributed by atoms with Crippen LogP contribution in [0, 0.1) is 5.92 Å². The van der Waals surface area contributed by atoms with E-state index >= 15 is 0 Å². The van der Waals surface area contributed by atoms with Crippen molar-refractivity contribution >= 4 is 0 Å². The molecule has 0 radical (unpaired) electrons. The lowest BCUT2D eigenvalue weighted by molar-refractivity contribution is 0.0850.